The summed E-state index contributed by atoms with van der Waals surface area (Å²) in [5.41, 5.74) is 3.01. The molecule has 0 N–H and O–H groups in total. The fraction of sp³-hybridized carbons (Fsp3) is 0.250. The third-order valence-electron chi connectivity index (χ3n) is 4.76. The van der Waals surface area contributed by atoms with Crippen molar-refractivity contribution in [1.29, 1.82) is 0 Å². The lowest BCUT2D eigenvalue weighted by Gasteiger charge is -2.29. The first-order valence-corrected chi connectivity index (χ1v) is 8.29. The van der Waals surface area contributed by atoms with Gasteiger partial charge in [0.05, 0.1) is 20.8 Å². The molecule has 0 spiro atoms. The standard InChI is InChI=1S/C20H20N2O3/c1-24-18-8-7-15(12-19(18)25-2)20(23)21-9-10-22-16(13-21)11-14-5-3-4-6-17(14)22/h3-8,11-12H,9-10,13H2,1-2H3. The van der Waals surface area contributed by atoms with E-state index in [1.54, 1.807) is 32.4 Å². The number of carbonyl (C=O) groups excluding carboxylic acids is 1. The molecular weight excluding hydrogens is 316 g/mol. The summed E-state index contributed by atoms with van der Waals surface area (Å²) in [7, 11) is 3.16. The zero-order valence-electron chi connectivity index (χ0n) is 14.4. The highest BCUT2D eigenvalue weighted by Crippen LogP contribution is 2.29. The Morgan fingerprint density at radius 2 is 1.76 bits per heavy atom. The van der Waals surface area contributed by atoms with Gasteiger partial charge in [-0.05, 0) is 35.7 Å². The van der Waals surface area contributed by atoms with Gasteiger partial charge in [-0.15, -0.1) is 0 Å². The molecule has 5 heteroatoms. The van der Waals surface area contributed by atoms with Crippen LogP contribution in [0.3, 0.4) is 0 Å². The fourth-order valence-electron chi connectivity index (χ4n) is 3.48. The average molecular weight is 336 g/mol. The van der Waals surface area contributed by atoms with E-state index in [1.807, 2.05) is 11.0 Å². The van der Waals surface area contributed by atoms with Crippen molar-refractivity contribution in [2.24, 2.45) is 0 Å². The third kappa shape index (κ3) is 2.61. The highest BCUT2D eigenvalue weighted by molar-refractivity contribution is 5.95. The Morgan fingerprint density at radius 1 is 0.960 bits per heavy atom. The number of nitrogens with zero attached hydrogens (tertiary/aromatic N) is 2. The molecule has 4 rings (SSSR count). The predicted molar refractivity (Wildman–Crippen MR) is 96.2 cm³/mol. The zero-order valence-corrected chi connectivity index (χ0v) is 14.4. The number of ether oxygens (including phenoxy) is 2. The van der Waals surface area contributed by atoms with Gasteiger partial charge < -0.3 is 18.9 Å². The van der Waals surface area contributed by atoms with Gasteiger partial charge in [0.2, 0.25) is 0 Å². The van der Waals surface area contributed by atoms with Crippen molar-refractivity contribution in [3.63, 3.8) is 0 Å². The molecule has 0 saturated carbocycles. The fourth-order valence-corrected chi connectivity index (χ4v) is 3.48. The molecule has 0 saturated heterocycles. The first-order valence-electron chi connectivity index (χ1n) is 8.29. The Kier molecular flexibility index (Phi) is 3.84. The number of fused-ring (bicyclic) bond motifs is 3. The highest BCUT2D eigenvalue weighted by atomic mass is 16.5. The SMILES string of the molecule is COc1ccc(C(=O)N2CCn3c(cc4ccccc43)C2)cc1OC. The summed E-state index contributed by atoms with van der Waals surface area (Å²) in [4.78, 5) is 14.8. The van der Waals surface area contributed by atoms with Crippen molar-refractivity contribution in [2.75, 3.05) is 20.8 Å². The summed E-state index contributed by atoms with van der Waals surface area (Å²) in [5, 5.41) is 1.22. The van der Waals surface area contributed by atoms with E-state index in [0.717, 1.165) is 6.54 Å². The molecule has 1 aromatic heterocycles. The van der Waals surface area contributed by atoms with Gasteiger partial charge in [-0.3, -0.25) is 4.79 Å². The molecule has 1 aliphatic heterocycles. The molecule has 1 aliphatic rings. The topological polar surface area (TPSA) is 43.7 Å². The first kappa shape index (κ1) is 15.6. The van der Waals surface area contributed by atoms with Crippen molar-refractivity contribution < 1.29 is 14.3 Å². The number of aromatic nitrogens is 1. The molecule has 5 nitrogen and oxygen atoms in total. The lowest BCUT2D eigenvalue weighted by Crippen LogP contribution is -2.38. The maximum Gasteiger partial charge on any atom is 0.254 e. The summed E-state index contributed by atoms with van der Waals surface area (Å²) in [6.45, 7) is 2.11. The predicted octanol–water partition coefficient (Wildman–Crippen LogP) is 3.31. The van der Waals surface area contributed by atoms with Crippen LogP contribution in [0.5, 0.6) is 11.5 Å². The van der Waals surface area contributed by atoms with Crippen LogP contribution in [0.2, 0.25) is 0 Å². The molecule has 0 fully saturated rings. The van der Waals surface area contributed by atoms with Crippen LogP contribution >= 0.6 is 0 Å². The van der Waals surface area contributed by atoms with E-state index < -0.39 is 0 Å². The van der Waals surface area contributed by atoms with Gasteiger partial charge in [0.15, 0.2) is 11.5 Å². The molecule has 3 aromatic rings. The second kappa shape index (κ2) is 6.16. The molecular formula is C20H20N2O3. The van der Waals surface area contributed by atoms with Gasteiger partial charge in [-0.2, -0.15) is 0 Å². The lowest BCUT2D eigenvalue weighted by atomic mass is 10.1. The second-order valence-electron chi connectivity index (χ2n) is 6.14. The van der Waals surface area contributed by atoms with Crippen LogP contribution in [0.1, 0.15) is 16.1 Å². The van der Waals surface area contributed by atoms with E-state index in [4.69, 9.17) is 9.47 Å². The monoisotopic (exact) mass is 336 g/mol. The summed E-state index contributed by atoms with van der Waals surface area (Å²) in [5.74, 6) is 1.20. The van der Waals surface area contributed by atoms with E-state index in [0.29, 0.717) is 30.2 Å². The Hall–Kier alpha value is -2.95. The van der Waals surface area contributed by atoms with Gasteiger partial charge in [0.25, 0.3) is 5.91 Å². The Balaban J connectivity index is 1.62. The maximum absolute atomic E-state index is 12.9. The molecule has 1 amide bonds. The molecule has 2 aromatic carbocycles. The number of para-hydroxylation sites is 1. The van der Waals surface area contributed by atoms with Crippen molar-refractivity contribution in [3.8, 4) is 11.5 Å². The van der Waals surface area contributed by atoms with Crippen molar-refractivity contribution in [2.45, 2.75) is 13.1 Å². The van der Waals surface area contributed by atoms with E-state index in [-0.39, 0.29) is 5.91 Å². The summed E-state index contributed by atoms with van der Waals surface area (Å²) in [6, 6.07) is 15.8. The van der Waals surface area contributed by atoms with Crippen LogP contribution in [-0.2, 0) is 13.1 Å². The first-order chi connectivity index (χ1) is 12.2. The Labute approximate surface area is 146 Å². The molecule has 0 atom stereocenters. The van der Waals surface area contributed by atoms with E-state index >= 15 is 0 Å². The van der Waals surface area contributed by atoms with Crippen LogP contribution in [0, 0.1) is 0 Å². The molecule has 0 bridgehead atoms. The van der Waals surface area contributed by atoms with Crippen LogP contribution in [-0.4, -0.2) is 36.1 Å². The number of amides is 1. The largest absolute Gasteiger partial charge is 0.493 e. The highest BCUT2D eigenvalue weighted by Gasteiger charge is 2.24. The van der Waals surface area contributed by atoms with Gasteiger partial charge >= 0.3 is 0 Å². The third-order valence-corrected chi connectivity index (χ3v) is 4.76. The minimum absolute atomic E-state index is 0.0115. The van der Waals surface area contributed by atoms with Crippen molar-refractivity contribution >= 4 is 16.8 Å². The Bertz CT molecular complexity index is 945. The van der Waals surface area contributed by atoms with Crippen LogP contribution < -0.4 is 9.47 Å². The summed E-state index contributed by atoms with van der Waals surface area (Å²) >= 11 is 0. The van der Waals surface area contributed by atoms with Gasteiger partial charge in [0, 0.05) is 29.9 Å². The molecule has 2 heterocycles. The van der Waals surface area contributed by atoms with E-state index in [1.165, 1.54) is 16.6 Å². The molecule has 128 valence electrons. The smallest absolute Gasteiger partial charge is 0.254 e. The van der Waals surface area contributed by atoms with Crippen LogP contribution in [0.4, 0.5) is 0 Å². The molecule has 25 heavy (non-hydrogen) atoms. The minimum atomic E-state index is 0.0115. The quantitative estimate of drug-likeness (QED) is 0.737. The molecule has 0 radical (unpaired) electrons. The second-order valence-corrected chi connectivity index (χ2v) is 6.14. The summed E-state index contributed by atoms with van der Waals surface area (Å²) < 4.78 is 12.9. The van der Waals surface area contributed by atoms with Gasteiger partial charge in [-0.1, -0.05) is 18.2 Å². The minimum Gasteiger partial charge on any atom is -0.493 e. The van der Waals surface area contributed by atoms with E-state index in [9.17, 15) is 4.79 Å². The van der Waals surface area contributed by atoms with Crippen molar-refractivity contribution in [3.05, 3.63) is 59.8 Å². The number of hydrogen-bond acceptors (Lipinski definition) is 3. The van der Waals surface area contributed by atoms with E-state index in [2.05, 4.69) is 28.8 Å². The van der Waals surface area contributed by atoms with Gasteiger partial charge in [-0.25, -0.2) is 0 Å². The number of rotatable bonds is 3. The normalized spacial score (nSPS) is 13.6. The zero-order chi connectivity index (χ0) is 17.4. The average Bonchev–Trinajstić information content (AvgIpc) is 3.04. The number of hydrogen-bond donors (Lipinski definition) is 0. The number of benzene rings is 2. The van der Waals surface area contributed by atoms with Crippen LogP contribution in [0.15, 0.2) is 48.5 Å². The van der Waals surface area contributed by atoms with Gasteiger partial charge in [0.1, 0.15) is 0 Å². The number of carbonyl (C=O) groups is 1. The maximum atomic E-state index is 12.9. The molecule has 0 aliphatic carbocycles. The lowest BCUT2D eigenvalue weighted by molar-refractivity contribution is 0.0712. The number of methoxy groups -OCH3 is 2. The summed E-state index contributed by atoms with van der Waals surface area (Å²) in [6.07, 6.45) is 0. The Morgan fingerprint density at radius 3 is 2.56 bits per heavy atom. The van der Waals surface area contributed by atoms with Crippen LogP contribution in [0.25, 0.3) is 10.9 Å². The molecule has 0 unspecified atom stereocenters. The van der Waals surface area contributed by atoms with Crippen molar-refractivity contribution in [1.82, 2.24) is 9.47 Å².